The topological polar surface area (TPSA) is 88.6 Å². The summed E-state index contributed by atoms with van der Waals surface area (Å²) in [6.45, 7) is 7.46. The number of aromatic nitrogens is 1. The molecule has 7 nitrogen and oxygen atoms in total. The van der Waals surface area contributed by atoms with E-state index in [0.717, 1.165) is 12.1 Å². The van der Waals surface area contributed by atoms with Crippen LogP contribution in [0.25, 0.3) is 0 Å². The highest BCUT2D eigenvalue weighted by atomic mass is 32.1. The molecule has 1 N–H and O–H groups in total. The third-order valence-corrected chi connectivity index (χ3v) is 5.40. The molecule has 0 fully saturated rings. The van der Waals surface area contributed by atoms with E-state index in [1.165, 1.54) is 16.2 Å². The second-order valence-electron chi connectivity index (χ2n) is 7.32. The Kier molecular flexibility index (Phi) is 6.32. The van der Waals surface area contributed by atoms with Gasteiger partial charge in [-0.2, -0.15) is 0 Å². The minimum atomic E-state index is -0.708. The number of hydrogen-bond acceptors (Lipinski definition) is 6. The van der Waals surface area contributed by atoms with Gasteiger partial charge < -0.3 is 10.1 Å². The molecular weight excluding hydrogens is 390 g/mol. The Morgan fingerprint density at radius 2 is 2.10 bits per heavy atom. The summed E-state index contributed by atoms with van der Waals surface area (Å²) < 4.78 is 5.65. The Hall–Kier alpha value is -2.74. The number of ketones is 1. The first-order valence-corrected chi connectivity index (χ1v) is 10.6. The second-order valence-corrected chi connectivity index (χ2v) is 8.18. The Morgan fingerprint density at radius 3 is 2.76 bits per heavy atom. The first-order valence-electron chi connectivity index (χ1n) is 9.70. The van der Waals surface area contributed by atoms with Gasteiger partial charge in [0.05, 0.1) is 11.4 Å². The molecule has 0 aliphatic carbocycles. The smallest absolute Gasteiger partial charge is 0.268 e. The van der Waals surface area contributed by atoms with E-state index in [-0.39, 0.29) is 30.1 Å². The van der Waals surface area contributed by atoms with Gasteiger partial charge in [0.2, 0.25) is 5.91 Å². The number of amides is 2. The molecule has 3 rings (SSSR count). The number of carbonyl (C=O) groups is 3. The molecule has 154 valence electrons. The molecule has 1 aromatic carbocycles. The number of nitrogens with one attached hydrogen (secondary N) is 1. The summed E-state index contributed by atoms with van der Waals surface area (Å²) in [6, 6.07) is 5.01. The molecular formula is C21H25N3O4S. The SMILES string of the molecule is CCCC(=O)c1ccc2c(c1)N(CC(=O)Nc1nc(C(C)C)cs1)C(=O)C(C)O2. The standard InChI is InChI=1S/C21H25N3O4S/c1-5-6-17(25)14-7-8-18-16(9-14)24(20(27)13(4)28-18)10-19(26)23-21-22-15(11-29-21)12(2)3/h7-9,11-13H,5-6,10H2,1-4H3,(H,22,23,26). The molecule has 1 atom stereocenters. The normalized spacial score (nSPS) is 15.8. The van der Waals surface area contributed by atoms with Crippen molar-refractivity contribution in [1.29, 1.82) is 0 Å². The maximum Gasteiger partial charge on any atom is 0.268 e. The molecule has 2 heterocycles. The fourth-order valence-electron chi connectivity index (χ4n) is 3.03. The van der Waals surface area contributed by atoms with Crippen LogP contribution in [0.5, 0.6) is 5.75 Å². The largest absolute Gasteiger partial charge is 0.479 e. The number of hydrogen-bond donors (Lipinski definition) is 1. The summed E-state index contributed by atoms with van der Waals surface area (Å²) in [5.74, 6) is 0.0664. The van der Waals surface area contributed by atoms with Crippen molar-refractivity contribution in [2.24, 2.45) is 0 Å². The van der Waals surface area contributed by atoms with Gasteiger partial charge in [-0.3, -0.25) is 19.3 Å². The Balaban J connectivity index is 1.82. The Morgan fingerprint density at radius 1 is 1.34 bits per heavy atom. The molecule has 0 saturated carbocycles. The fraction of sp³-hybridized carbons (Fsp3) is 0.429. The second kappa shape index (κ2) is 8.73. The van der Waals surface area contributed by atoms with Gasteiger partial charge in [-0.25, -0.2) is 4.98 Å². The first kappa shape index (κ1) is 21.0. The third-order valence-electron chi connectivity index (χ3n) is 4.63. The zero-order chi connectivity index (χ0) is 21.1. The highest BCUT2D eigenvalue weighted by Crippen LogP contribution is 2.35. The van der Waals surface area contributed by atoms with E-state index in [9.17, 15) is 14.4 Å². The molecule has 29 heavy (non-hydrogen) atoms. The molecule has 8 heteroatoms. The fourth-order valence-corrected chi connectivity index (χ4v) is 3.91. The zero-order valence-electron chi connectivity index (χ0n) is 17.0. The number of rotatable bonds is 7. The lowest BCUT2D eigenvalue weighted by molar-refractivity contribution is -0.127. The van der Waals surface area contributed by atoms with Crippen LogP contribution in [0.1, 0.15) is 62.5 Å². The molecule has 1 aliphatic heterocycles. The van der Waals surface area contributed by atoms with Crippen molar-refractivity contribution in [3.05, 3.63) is 34.8 Å². The maximum absolute atomic E-state index is 12.7. The van der Waals surface area contributed by atoms with Gasteiger partial charge in [-0.1, -0.05) is 20.8 Å². The van der Waals surface area contributed by atoms with Crippen LogP contribution < -0.4 is 15.0 Å². The third kappa shape index (κ3) is 4.64. The van der Waals surface area contributed by atoms with Crippen molar-refractivity contribution in [1.82, 2.24) is 4.98 Å². The lowest BCUT2D eigenvalue weighted by atomic mass is 10.0. The van der Waals surface area contributed by atoms with Gasteiger partial charge in [0.15, 0.2) is 17.0 Å². The maximum atomic E-state index is 12.7. The number of fused-ring (bicyclic) bond motifs is 1. The van der Waals surface area contributed by atoms with Gasteiger partial charge in [0.1, 0.15) is 12.3 Å². The van der Waals surface area contributed by atoms with Gasteiger partial charge in [0, 0.05) is 17.4 Å². The highest BCUT2D eigenvalue weighted by molar-refractivity contribution is 7.13. The van der Waals surface area contributed by atoms with Crippen LogP contribution >= 0.6 is 11.3 Å². The average molecular weight is 416 g/mol. The van der Waals surface area contributed by atoms with Crippen molar-refractivity contribution in [3.63, 3.8) is 0 Å². The molecule has 1 aromatic heterocycles. The van der Waals surface area contributed by atoms with E-state index < -0.39 is 6.10 Å². The summed E-state index contributed by atoms with van der Waals surface area (Å²) in [5.41, 5.74) is 1.85. The monoisotopic (exact) mass is 415 g/mol. The van der Waals surface area contributed by atoms with E-state index in [1.807, 2.05) is 26.2 Å². The predicted molar refractivity (Wildman–Crippen MR) is 113 cm³/mol. The number of Topliss-reactive ketones (excluding diaryl/α,β-unsaturated/α-hetero) is 1. The lowest BCUT2D eigenvalue weighted by Crippen LogP contribution is -2.47. The number of thiazole rings is 1. The van der Waals surface area contributed by atoms with E-state index in [0.29, 0.717) is 28.6 Å². The van der Waals surface area contributed by atoms with Gasteiger partial charge in [-0.05, 0) is 37.5 Å². The van der Waals surface area contributed by atoms with Crippen LogP contribution in [0.4, 0.5) is 10.8 Å². The molecule has 0 saturated heterocycles. The van der Waals surface area contributed by atoms with E-state index >= 15 is 0 Å². The number of carbonyl (C=O) groups excluding carboxylic acids is 3. The van der Waals surface area contributed by atoms with Crippen LogP contribution in [0, 0.1) is 0 Å². The lowest BCUT2D eigenvalue weighted by Gasteiger charge is -2.32. The molecule has 2 amide bonds. The number of anilines is 2. The highest BCUT2D eigenvalue weighted by Gasteiger charge is 2.33. The van der Waals surface area contributed by atoms with Crippen LogP contribution in [0.3, 0.4) is 0 Å². The molecule has 1 unspecified atom stereocenters. The van der Waals surface area contributed by atoms with E-state index in [2.05, 4.69) is 10.3 Å². The minimum Gasteiger partial charge on any atom is -0.479 e. The van der Waals surface area contributed by atoms with E-state index in [1.54, 1.807) is 25.1 Å². The van der Waals surface area contributed by atoms with Crippen LogP contribution in [0.15, 0.2) is 23.6 Å². The molecule has 2 aromatic rings. The summed E-state index contributed by atoms with van der Waals surface area (Å²) in [7, 11) is 0. The Bertz CT molecular complexity index is 938. The molecule has 0 spiro atoms. The first-order chi connectivity index (χ1) is 13.8. The van der Waals surface area contributed by atoms with Crippen molar-refractivity contribution < 1.29 is 19.1 Å². The average Bonchev–Trinajstić information content (AvgIpc) is 3.14. The zero-order valence-corrected chi connectivity index (χ0v) is 17.8. The van der Waals surface area contributed by atoms with Crippen molar-refractivity contribution in [2.45, 2.75) is 52.6 Å². The van der Waals surface area contributed by atoms with Crippen LogP contribution in [-0.2, 0) is 9.59 Å². The molecule has 0 bridgehead atoms. The van der Waals surface area contributed by atoms with Crippen LogP contribution in [0.2, 0.25) is 0 Å². The molecule has 0 radical (unpaired) electrons. The minimum absolute atomic E-state index is 0.00484. The summed E-state index contributed by atoms with van der Waals surface area (Å²) in [4.78, 5) is 43.3. The number of ether oxygens (including phenoxy) is 1. The van der Waals surface area contributed by atoms with Crippen molar-refractivity contribution in [3.8, 4) is 5.75 Å². The molecule has 1 aliphatic rings. The number of benzene rings is 1. The van der Waals surface area contributed by atoms with E-state index in [4.69, 9.17) is 4.74 Å². The summed E-state index contributed by atoms with van der Waals surface area (Å²) >= 11 is 1.35. The summed E-state index contributed by atoms with van der Waals surface area (Å²) in [6.07, 6.45) is 0.452. The summed E-state index contributed by atoms with van der Waals surface area (Å²) in [5, 5.41) is 5.16. The van der Waals surface area contributed by atoms with Crippen molar-refractivity contribution in [2.75, 3.05) is 16.8 Å². The quantitative estimate of drug-likeness (QED) is 0.691. The van der Waals surface area contributed by atoms with Crippen molar-refractivity contribution >= 4 is 39.8 Å². The number of nitrogens with zero attached hydrogens (tertiary/aromatic N) is 2. The Labute approximate surface area is 174 Å². The van der Waals surface area contributed by atoms with Gasteiger partial charge in [-0.15, -0.1) is 11.3 Å². The predicted octanol–water partition coefficient (Wildman–Crippen LogP) is 4.00. The van der Waals surface area contributed by atoms with Gasteiger partial charge in [0.25, 0.3) is 5.91 Å². The van der Waals surface area contributed by atoms with Crippen LogP contribution in [-0.4, -0.2) is 35.2 Å². The van der Waals surface area contributed by atoms with Gasteiger partial charge >= 0.3 is 0 Å².